The molecule has 1 aromatic carbocycles. The van der Waals surface area contributed by atoms with Gasteiger partial charge < -0.3 is 10.1 Å². The Labute approximate surface area is 129 Å². The van der Waals surface area contributed by atoms with Crippen molar-refractivity contribution in [3.8, 4) is 0 Å². The molecule has 1 aromatic rings. The lowest BCUT2D eigenvalue weighted by molar-refractivity contribution is -0.490. The van der Waals surface area contributed by atoms with E-state index in [1.807, 2.05) is 30.4 Å². The van der Waals surface area contributed by atoms with E-state index in [9.17, 15) is 4.91 Å². The zero-order valence-electron chi connectivity index (χ0n) is 12.6. The predicted octanol–water partition coefficient (Wildman–Crippen LogP) is 3.34. The summed E-state index contributed by atoms with van der Waals surface area (Å²) in [5.41, 5.74) is 4.00. The fraction of sp³-hybridized carbons (Fsp3) is 0.333. The van der Waals surface area contributed by atoms with Crippen LogP contribution in [0.3, 0.4) is 0 Å². The fourth-order valence-electron chi connectivity index (χ4n) is 3.49. The van der Waals surface area contributed by atoms with Crippen LogP contribution in [0.2, 0.25) is 0 Å². The van der Waals surface area contributed by atoms with Crippen LogP contribution >= 0.6 is 0 Å². The molecule has 2 atom stereocenters. The van der Waals surface area contributed by atoms with Crippen molar-refractivity contribution in [1.29, 1.82) is 0 Å². The van der Waals surface area contributed by atoms with Crippen LogP contribution in [0.25, 0.3) is 0 Å². The van der Waals surface area contributed by atoms with E-state index in [1.165, 1.54) is 5.56 Å². The van der Waals surface area contributed by atoms with Gasteiger partial charge in [0.2, 0.25) is 0 Å². The Morgan fingerprint density at radius 3 is 2.91 bits per heavy atom. The molecular weight excluding hydrogens is 276 g/mol. The molecule has 0 aliphatic carbocycles. The van der Waals surface area contributed by atoms with E-state index in [1.54, 1.807) is 0 Å². The summed E-state index contributed by atoms with van der Waals surface area (Å²) >= 11 is 0. The van der Waals surface area contributed by atoms with Gasteiger partial charge in [0.1, 0.15) is 11.4 Å². The van der Waals surface area contributed by atoms with E-state index in [2.05, 4.69) is 24.4 Å². The van der Waals surface area contributed by atoms with Gasteiger partial charge in [0.25, 0.3) is 5.70 Å². The second kappa shape index (κ2) is 5.13. The van der Waals surface area contributed by atoms with Crippen LogP contribution in [-0.4, -0.2) is 17.4 Å². The number of nitroso groups, excluding NO2 is 1. The van der Waals surface area contributed by atoms with Crippen LogP contribution < -0.4 is 5.32 Å². The second-order valence-electron chi connectivity index (χ2n) is 6.06. The molecular formula is C18H19N2O2+. The van der Waals surface area contributed by atoms with Crippen molar-refractivity contribution in [2.75, 3.05) is 6.61 Å². The van der Waals surface area contributed by atoms with Crippen molar-refractivity contribution in [2.24, 2.45) is 0 Å². The summed E-state index contributed by atoms with van der Waals surface area (Å²) in [6, 6.07) is 10.7. The number of nitrogens with zero attached hydrogens (tertiary/aromatic N) is 1. The topological polar surface area (TPSA) is 41.3 Å². The third kappa shape index (κ3) is 1.98. The molecule has 4 rings (SSSR count). The van der Waals surface area contributed by atoms with Crippen molar-refractivity contribution < 1.29 is 9.50 Å². The van der Waals surface area contributed by atoms with E-state index in [0.29, 0.717) is 18.5 Å². The summed E-state index contributed by atoms with van der Waals surface area (Å²) in [6.45, 7) is 2.63. The average molecular weight is 295 g/mol. The van der Waals surface area contributed by atoms with E-state index in [4.69, 9.17) is 4.74 Å². The average Bonchev–Trinajstić information content (AvgIpc) is 2.56. The quantitative estimate of drug-likeness (QED) is 0.808. The highest BCUT2D eigenvalue weighted by Crippen LogP contribution is 2.43. The largest absolute Gasteiger partial charge is 0.437 e. The third-order valence-corrected chi connectivity index (χ3v) is 4.55. The van der Waals surface area contributed by atoms with E-state index in [0.717, 1.165) is 34.6 Å². The molecule has 0 amide bonds. The standard InChI is InChI=1S/C18H19N2O2/c1-12-9-10-15-17(19-12)16(13-6-3-2-4-7-13)14-8-5-11-22-18(14)20(15)21/h2-8,12,16,19H,9-11H2,1H3/q+1. The summed E-state index contributed by atoms with van der Waals surface area (Å²) in [4.78, 5) is 12.7. The number of nitrogens with one attached hydrogen (secondary N) is 1. The fourth-order valence-corrected chi connectivity index (χ4v) is 3.49. The van der Waals surface area contributed by atoms with Gasteiger partial charge in [-0.3, -0.25) is 0 Å². The molecule has 3 aliphatic rings. The molecule has 0 saturated heterocycles. The maximum Gasteiger partial charge on any atom is 0.427 e. The zero-order chi connectivity index (χ0) is 15.1. The maximum absolute atomic E-state index is 12.7. The molecule has 0 radical (unpaired) electrons. The first kappa shape index (κ1) is 13.3. The van der Waals surface area contributed by atoms with Crippen molar-refractivity contribution in [3.63, 3.8) is 0 Å². The van der Waals surface area contributed by atoms with Crippen LogP contribution in [0.15, 0.2) is 65.3 Å². The lowest BCUT2D eigenvalue weighted by atomic mass is 9.82. The normalized spacial score (nSPS) is 27.0. The minimum Gasteiger partial charge on any atom is -0.437 e. The Morgan fingerprint density at radius 1 is 1.27 bits per heavy atom. The Kier molecular flexibility index (Phi) is 3.10. The summed E-state index contributed by atoms with van der Waals surface area (Å²) < 4.78 is 6.66. The first-order valence-corrected chi connectivity index (χ1v) is 7.81. The number of hydrogen-bond acceptors (Lipinski definition) is 3. The van der Waals surface area contributed by atoms with Crippen LogP contribution in [-0.2, 0) is 4.74 Å². The zero-order valence-corrected chi connectivity index (χ0v) is 12.6. The minimum atomic E-state index is 0.0516. The van der Waals surface area contributed by atoms with Crippen molar-refractivity contribution in [3.05, 3.63) is 75.8 Å². The molecule has 3 heterocycles. The molecule has 22 heavy (non-hydrogen) atoms. The molecule has 0 fully saturated rings. The smallest absolute Gasteiger partial charge is 0.427 e. The SMILES string of the molecule is CC1CCC2=C(N1)C(c1ccccc1)C1=C(OCC=C1)[N+]2=O. The highest BCUT2D eigenvalue weighted by molar-refractivity contribution is 5.47. The lowest BCUT2D eigenvalue weighted by Crippen LogP contribution is -2.39. The Balaban J connectivity index is 1.90. The van der Waals surface area contributed by atoms with E-state index >= 15 is 0 Å². The summed E-state index contributed by atoms with van der Waals surface area (Å²) in [5, 5.41) is 3.54. The molecule has 112 valence electrons. The molecule has 3 aliphatic heterocycles. The van der Waals surface area contributed by atoms with E-state index in [-0.39, 0.29) is 5.92 Å². The number of hydrogen-bond donors (Lipinski definition) is 1. The molecule has 0 saturated carbocycles. The van der Waals surface area contributed by atoms with Crippen LogP contribution in [0.4, 0.5) is 0 Å². The van der Waals surface area contributed by atoms with Gasteiger partial charge in [0.05, 0.1) is 17.2 Å². The summed E-state index contributed by atoms with van der Waals surface area (Å²) in [5.74, 6) is 0.516. The second-order valence-corrected chi connectivity index (χ2v) is 6.06. The van der Waals surface area contributed by atoms with Crippen molar-refractivity contribution in [2.45, 2.75) is 31.7 Å². The van der Waals surface area contributed by atoms with Gasteiger partial charge in [0.15, 0.2) is 0 Å². The number of benzene rings is 1. The van der Waals surface area contributed by atoms with Crippen LogP contribution in [0.5, 0.6) is 0 Å². The van der Waals surface area contributed by atoms with Crippen molar-refractivity contribution >= 4 is 0 Å². The Bertz CT molecular complexity index is 716. The lowest BCUT2D eigenvalue weighted by Gasteiger charge is -2.32. The number of allylic oxidation sites excluding steroid dienone is 3. The van der Waals surface area contributed by atoms with Gasteiger partial charge in [-0.15, -0.1) is 0 Å². The number of rotatable bonds is 1. The molecule has 0 bridgehead atoms. The first-order valence-electron chi connectivity index (χ1n) is 7.81. The first-order chi connectivity index (χ1) is 10.8. The molecule has 4 nitrogen and oxygen atoms in total. The molecule has 2 unspecified atom stereocenters. The van der Waals surface area contributed by atoms with Crippen LogP contribution in [0.1, 0.15) is 31.2 Å². The molecule has 4 heteroatoms. The summed E-state index contributed by atoms with van der Waals surface area (Å²) in [6.07, 6.45) is 5.77. The molecule has 0 spiro atoms. The van der Waals surface area contributed by atoms with E-state index < -0.39 is 0 Å². The Morgan fingerprint density at radius 2 is 2.09 bits per heavy atom. The number of ether oxygens (including phenoxy) is 1. The third-order valence-electron chi connectivity index (χ3n) is 4.55. The highest BCUT2D eigenvalue weighted by Gasteiger charge is 2.46. The van der Waals surface area contributed by atoms with Crippen LogP contribution in [0, 0.1) is 4.91 Å². The monoisotopic (exact) mass is 295 g/mol. The predicted molar refractivity (Wildman–Crippen MR) is 83.8 cm³/mol. The van der Waals surface area contributed by atoms with Gasteiger partial charge in [-0.2, -0.15) is 0 Å². The van der Waals surface area contributed by atoms with Gasteiger partial charge in [-0.05, 0) is 31.1 Å². The minimum absolute atomic E-state index is 0.0516. The Hall–Kier alpha value is -2.36. The van der Waals surface area contributed by atoms with Gasteiger partial charge in [0, 0.05) is 17.4 Å². The maximum atomic E-state index is 12.7. The summed E-state index contributed by atoms with van der Waals surface area (Å²) in [7, 11) is 0. The van der Waals surface area contributed by atoms with Gasteiger partial charge >= 0.3 is 5.88 Å². The molecule has 1 N–H and O–H groups in total. The van der Waals surface area contributed by atoms with Gasteiger partial charge in [-0.1, -0.05) is 30.3 Å². The molecule has 0 aromatic heterocycles. The van der Waals surface area contributed by atoms with Crippen molar-refractivity contribution in [1.82, 2.24) is 5.32 Å². The highest BCUT2D eigenvalue weighted by atomic mass is 16.5. The van der Waals surface area contributed by atoms with Gasteiger partial charge in [-0.25, -0.2) is 0 Å².